The highest BCUT2D eigenvalue weighted by Crippen LogP contribution is 2.29. The molecule has 0 spiro atoms. The van der Waals surface area contributed by atoms with Crippen LogP contribution in [-0.2, 0) is 15.8 Å². The Kier molecular flexibility index (Phi) is 7.86. The van der Waals surface area contributed by atoms with Gasteiger partial charge in [-0.3, -0.25) is 9.59 Å². The molecule has 2 aromatic rings. The predicted octanol–water partition coefficient (Wildman–Crippen LogP) is 3.97. The van der Waals surface area contributed by atoms with Gasteiger partial charge < -0.3 is 14.5 Å². The van der Waals surface area contributed by atoms with Gasteiger partial charge in [-0.05, 0) is 73.9 Å². The Morgan fingerprint density at radius 1 is 0.971 bits per heavy atom. The molecule has 0 bridgehead atoms. The van der Waals surface area contributed by atoms with Crippen molar-refractivity contribution < 1.29 is 13.8 Å². The van der Waals surface area contributed by atoms with E-state index in [1.165, 1.54) is 5.56 Å². The van der Waals surface area contributed by atoms with Crippen LogP contribution in [0.2, 0.25) is 0 Å². The number of carbonyl (C=O) groups excluding carboxylic acids is 2. The summed E-state index contributed by atoms with van der Waals surface area (Å²) in [5.74, 6) is 0.441. The molecule has 2 heterocycles. The Balaban J connectivity index is 1.36. The number of hydrogen-bond donors (Lipinski definition) is 1. The van der Waals surface area contributed by atoms with Gasteiger partial charge in [0, 0.05) is 44.4 Å². The van der Waals surface area contributed by atoms with Gasteiger partial charge in [0.2, 0.25) is 5.91 Å². The smallest absolute Gasteiger partial charge is 0.253 e. The van der Waals surface area contributed by atoms with Crippen LogP contribution in [-0.4, -0.2) is 57.3 Å². The molecule has 4 rings (SSSR count). The van der Waals surface area contributed by atoms with E-state index in [0.717, 1.165) is 24.1 Å². The minimum atomic E-state index is -1.28. The number of anilines is 1. The van der Waals surface area contributed by atoms with Crippen molar-refractivity contribution >= 4 is 28.5 Å². The fraction of sp³-hybridized carbons (Fsp3) is 0.444. The third kappa shape index (κ3) is 5.91. The molecule has 35 heavy (non-hydrogen) atoms. The van der Waals surface area contributed by atoms with Crippen molar-refractivity contribution in [2.24, 2.45) is 0 Å². The summed E-state index contributed by atoms with van der Waals surface area (Å²) in [6.45, 7) is 6.13. The molecule has 0 saturated carbocycles. The first kappa shape index (κ1) is 24.9. The third-order valence-electron chi connectivity index (χ3n) is 7.18. The summed E-state index contributed by atoms with van der Waals surface area (Å²) in [5.41, 5.74) is 4.13. The van der Waals surface area contributed by atoms with Gasteiger partial charge in [0.05, 0.1) is 16.9 Å². The van der Waals surface area contributed by atoms with Crippen molar-refractivity contribution in [3.05, 3.63) is 64.7 Å². The van der Waals surface area contributed by atoms with Crippen LogP contribution in [0.3, 0.4) is 0 Å². The average Bonchev–Trinajstić information content (AvgIpc) is 2.89. The normalized spacial score (nSPS) is 18.1. The van der Waals surface area contributed by atoms with Crippen LogP contribution in [0.5, 0.6) is 0 Å². The molecule has 1 unspecified atom stereocenters. The average molecular weight is 493 g/mol. The summed E-state index contributed by atoms with van der Waals surface area (Å²) in [7, 11) is -1.28. The van der Waals surface area contributed by atoms with Crippen molar-refractivity contribution in [3.63, 3.8) is 0 Å². The maximum atomic E-state index is 13.2. The fourth-order valence-electron chi connectivity index (χ4n) is 4.87. The van der Waals surface area contributed by atoms with Crippen molar-refractivity contribution in [2.75, 3.05) is 30.9 Å². The Morgan fingerprint density at radius 2 is 1.60 bits per heavy atom. The number of rotatable bonds is 5. The highest BCUT2D eigenvalue weighted by atomic mass is 32.2. The maximum absolute atomic E-state index is 13.2. The lowest BCUT2D eigenvalue weighted by Gasteiger charge is -2.32. The van der Waals surface area contributed by atoms with Crippen LogP contribution in [0.4, 0.5) is 5.69 Å². The number of likely N-dealkylation sites (tertiary alicyclic amines) is 2. The van der Waals surface area contributed by atoms with Gasteiger partial charge in [-0.1, -0.05) is 18.2 Å². The molecule has 8 heteroatoms. The molecule has 2 aromatic carbocycles. The first-order valence-electron chi connectivity index (χ1n) is 12.2. The van der Waals surface area contributed by atoms with E-state index >= 15 is 0 Å². The summed E-state index contributed by atoms with van der Waals surface area (Å²) < 4.78 is 16.1. The number of aryl methyl sites for hydroxylation is 1. The summed E-state index contributed by atoms with van der Waals surface area (Å²) in [4.78, 5) is 28.5. The van der Waals surface area contributed by atoms with E-state index in [0.29, 0.717) is 56.1 Å². The van der Waals surface area contributed by atoms with Gasteiger partial charge >= 0.3 is 0 Å². The Bertz CT molecular complexity index is 1140. The van der Waals surface area contributed by atoms with E-state index in [4.69, 9.17) is 5.26 Å². The number of nitrogens with zero attached hydrogens (tertiary/aromatic N) is 3. The summed E-state index contributed by atoms with van der Waals surface area (Å²) in [6, 6.07) is 15.4. The first-order chi connectivity index (χ1) is 16.9. The number of amides is 2. The van der Waals surface area contributed by atoms with Crippen molar-refractivity contribution in [1.82, 2.24) is 9.80 Å². The van der Waals surface area contributed by atoms with Gasteiger partial charge in [0.1, 0.15) is 11.0 Å². The third-order valence-corrected chi connectivity index (χ3v) is 8.68. The zero-order valence-electron chi connectivity index (χ0n) is 20.3. The highest BCUT2D eigenvalue weighted by Gasteiger charge is 2.27. The molecule has 184 valence electrons. The zero-order valence-corrected chi connectivity index (χ0v) is 21.1. The highest BCUT2D eigenvalue weighted by molar-refractivity contribution is 7.87. The van der Waals surface area contributed by atoms with Crippen molar-refractivity contribution in [2.45, 2.75) is 50.7 Å². The largest absolute Gasteiger partial charge is 0.343 e. The number of carbonyl (C=O) groups is 2. The molecule has 1 atom stereocenters. The quantitative estimate of drug-likeness (QED) is 0.683. The van der Waals surface area contributed by atoms with Crippen LogP contribution < -0.4 is 4.72 Å². The van der Waals surface area contributed by atoms with Gasteiger partial charge in [0.15, 0.2) is 0 Å². The van der Waals surface area contributed by atoms with E-state index in [-0.39, 0.29) is 17.1 Å². The minimum Gasteiger partial charge on any atom is -0.343 e. The molecule has 2 aliphatic heterocycles. The SMILES string of the molecule is CC(=O)N1CCC(S(=O)Nc2cc(C(=O)N3CCC(c4ccc(C#N)cc4)CC3)ccc2C)CC1. The molecule has 0 aromatic heterocycles. The van der Waals surface area contributed by atoms with Crippen LogP contribution >= 0.6 is 0 Å². The molecule has 2 aliphatic rings. The number of nitrogens with one attached hydrogen (secondary N) is 1. The molecule has 2 saturated heterocycles. The molecule has 7 nitrogen and oxygen atoms in total. The van der Waals surface area contributed by atoms with E-state index in [1.807, 2.05) is 54.3 Å². The fourth-order valence-corrected chi connectivity index (χ4v) is 6.11. The molecular weight excluding hydrogens is 460 g/mol. The summed E-state index contributed by atoms with van der Waals surface area (Å²) in [6.07, 6.45) is 3.17. The van der Waals surface area contributed by atoms with Gasteiger partial charge in [-0.15, -0.1) is 0 Å². The first-order valence-corrected chi connectivity index (χ1v) is 13.4. The standard InChI is InChI=1S/C27H32N4O3S/c1-19-3-6-24(17-26(19)29-35(34)25-11-15-30(16-12-25)20(2)32)27(33)31-13-9-23(10-14-31)22-7-4-21(18-28)5-8-22/h3-8,17,23,25,29H,9-16H2,1-2H3. The lowest BCUT2D eigenvalue weighted by atomic mass is 9.89. The monoisotopic (exact) mass is 492 g/mol. The summed E-state index contributed by atoms with van der Waals surface area (Å²) >= 11 is 0. The van der Waals surface area contributed by atoms with Crippen LogP contribution in [0.25, 0.3) is 0 Å². The van der Waals surface area contributed by atoms with Crippen LogP contribution in [0.15, 0.2) is 42.5 Å². The lowest BCUT2D eigenvalue weighted by Crippen LogP contribution is -2.41. The molecular formula is C27H32N4O3S. The lowest BCUT2D eigenvalue weighted by molar-refractivity contribution is -0.129. The van der Waals surface area contributed by atoms with Gasteiger partial charge in [-0.2, -0.15) is 5.26 Å². The second-order valence-electron chi connectivity index (χ2n) is 9.43. The number of hydrogen-bond acceptors (Lipinski definition) is 4. The van der Waals surface area contributed by atoms with E-state index in [2.05, 4.69) is 10.8 Å². The molecule has 1 N–H and O–H groups in total. The second kappa shape index (κ2) is 11.0. The molecule has 2 amide bonds. The molecule has 2 fully saturated rings. The number of nitriles is 1. The second-order valence-corrected chi connectivity index (χ2v) is 10.9. The van der Waals surface area contributed by atoms with Crippen molar-refractivity contribution in [3.8, 4) is 6.07 Å². The Labute approximate surface area is 209 Å². The Morgan fingerprint density at radius 3 is 2.20 bits per heavy atom. The number of benzene rings is 2. The van der Waals surface area contributed by atoms with Crippen molar-refractivity contribution in [1.29, 1.82) is 5.26 Å². The van der Waals surface area contributed by atoms with E-state index < -0.39 is 11.0 Å². The van der Waals surface area contributed by atoms with Gasteiger partial charge in [0.25, 0.3) is 5.91 Å². The van der Waals surface area contributed by atoms with Crippen LogP contribution in [0.1, 0.15) is 65.6 Å². The predicted molar refractivity (Wildman–Crippen MR) is 137 cm³/mol. The van der Waals surface area contributed by atoms with Gasteiger partial charge in [-0.25, -0.2) is 4.21 Å². The number of piperidine rings is 2. The zero-order chi connectivity index (χ0) is 24.9. The summed E-state index contributed by atoms with van der Waals surface area (Å²) in [5, 5.41) is 8.97. The van der Waals surface area contributed by atoms with Crippen LogP contribution in [0, 0.1) is 18.3 Å². The molecule has 0 aliphatic carbocycles. The maximum Gasteiger partial charge on any atom is 0.253 e. The van der Waals surface area contributed by atoms with E-state index in [9.17, 15) is 13.8 Å². The Hall–Kier alpha value is -3.18. The minimum absolute atomic E-state index is 0.00752. The van der Waals surface area contributed by atoms with E-state index in [1.54, 1.807) is 11.8 Å². The molecule has 0 radical (unpaired) electrons. The topological polar surface area (TPSA) is 93.5 Å².